The molecular weight excluding hydrogens is 499 g/mol. The van der Waals surface area contributed by atoms with Crippen molar-refractivity contribution in [3.8, 4) is 0 Å². The van der Waals surface area contributed by atoms with Gasteiger partial charge in [0, 0.05) is 18.5 Å². The van der Waals surface area contributed by atoms with Gasteiger partial charge in [0.25, 0.3) is 0 Å². The highest BCUT2D eigenvalue weighted by molar-refractivity contribution is 14.0. The lowest BCUT2D eigenvalue weighted by molar-refractivity contribution is 0.244. The number of benzene rings is 2. The molecule has 6 nitrogen and oxygen atoms in total. The minimum Gasteiger partial charge on any atom is -0.357 e. The molecule has 0 amide bonds. The van der Waals surface area contributed by atoms with E-state index in [0.717, 1.165) is 25.6 Å². The highest BCUT2D eigenvalue weighted by atomic mass is 127. The Hall–Kier alpha value is -2.42. The van der Waals surface area contributed by atoms with Gasteiger partial charge in [-0.15, -0.1) is 24.0 Å². The minimum absolute atomic E-state index is 0. The van der Waals surface area contributed by atoms with Gasteiger partial charge in [-0.25, -0.2) is 14.7 Å². The average molecular weight is 530 g/mol. The standard InChI is InChI=1S/C24H30N6.HI/c1-2-26-23(28-17-24(12-7-13-24)22-10-4-3-5-11-22)27-15-20-8-6-9-21(14-20)16-30-19-25-18-29-30;/h3-6,8-11,14,18-19H,2,7,12-13,15-17H2,1H3,(H2,26,27,28);1H. The molecule has 3 aromatic rings. The maximum absolute atomic E-state index is 4.84. The van der Waals surface area contributed by atoms with E-state index >= 15 is 0 Å². The fourth-order valence-corrected chi connectivity index (χ4v) is 4.06. The Kier molecular flexibility index (Phi) is 8.45. The first-order chi connectivity index (χ1) is 14.8. The Bertz CT molecular complexity index is 951. The van der Waals surface area contributed by atoms with Gasteiger partial charge in [-0.3, -0.25) is 0 Å². The first-order valence-electron chi connectivity index (χ1n) is 10.8. The van der Waals surface area contributed by atoms with E-state index in [4.69, 9.17) is 4.99 Å². The maximum atomic E-state index is 4.84. The molecule has 1 aliphatic carbocycles. The van der Waals surface area contributed by atoms with Crippen molar-refractivity contribution in [2.45, 2.75) is 44.7 Å². The minimum atomic E-state index is 0. The lowest BCUT2D eigenvalue weighted by Gasteiger charge is -2.43. The lowest BCUT2D eigenvalue weighted by Crippen LogP contribution is -2.48. The second kappa shape index (κ2) is 11.3. The molecule has 164 valence electrons. The summed E-state index contributed by atoms with van der Waals surface area (Å²) >= 11 is 0. The molecule has 4 rings (SSSR count). The quantitative estimate of drug-likeness (QED) is 0.261. The van der Waals surface area contributed by atoms with E-state index < -0.39 is 0 Å². The Morgan fingerprint density at radius 2 is 1.87 bits per heavy atom. The molecule has 0 atom stereocenters. The number of rotatable bonds is 8. The molecule has 1 aliphatic rings. The van der Waals surface area contributed by atoms with Gasteiger partial charge in [-0.2, -0.15) is 5.10 Å². The third kappa shape index (κ3) is 6.06. The average Bonchev–Trinajstić information content (AvgIpc) is 3.25. The SMILES string of the molecule is CCNC(=NCc1cccc(Cn2cncn2)c1)NCC1(c2ccccc2)CCC1.I. The zero-order valence-electron chi connectivity index (χ0n) is 18.0. The molecule has 1 aromatic heterocycles. The monoisotopic (exact) mass is 530 g/mol. The van der Waals surface area contributed by atoms with Crippen molar-refractivity contribution in [3.05, 3.63) is 83.9 Å². The van der Waals surface area contributed by atoms with Crippen molar-refractivity contribution in [3.63, 3.8) is 0 Å². The van der Waals surface area contributed by atoms with Crippen LogP contribution in [0.15, 0.2) is 72.2 Å². The molecule has 0 spiro atoms. The van der Waals surface area contributed by atoms with Gasteiger partial charge in [-0.1, -0.05) is 61.0 Å². The lowest BCUT2D eigenvalue weighted by atomic mass is 9.64. The summed E-state index contributed by atoms with van der Waals surface area (Å²) in [5.41, 5.74) is 4.05. The highest BCUT2D eigenvalue weighted by Gasteiger charge is 2.38. The molecule has 7 heteroatoms. The van der Waals surface area contributed by atoms with Crippen molar-refractivity contribution in [1.82, 2.24) is 25.4 Å². The van der Waals surface area contributed by atoms with E-state index in [9.17, 15) is 0 Å². The summed E-state index contributed by atoms with van der Waals surface area (Å²) in [5, 5.41) is 11.2. The molecular formula is C24H31IN6. The van der Waals surface area contributed by atoms with Crippen LogP contribution in [-0.2, 0) is 18.5 Å². The van der Waals surface area contributed by atoms with E-state index in [1.807, 2.05) is 4.68 Å². The van der Waals surface area contributed by atoms with E-state index in [-0.39, 0.29) is 29.4 Å². The number of aliphatic imine (C=N–C) groups is 1. The Labute approximate surface area is 201 Å². The number of guanidine groups is 1. The van der Waals surface area contributed by atoms with Gasteiger partial charge >= 0.3 is 0 Å². The maximum Gasteiger partial charge on any atom is 0.191 e. The van der Waals surface area contributed by atoms with Gasteiger partial charge in [-0.05, 0) is 36.5 Å². The molecule has 2 aromatic carbocycles. The number of nitrogens with zero attached hydrogens (tertiary/aromatic N) is 4. The van der Waals surface area contributed by atoms with Crippen LogP contribution in [0.5, 0.6) is 0 Å². The van der Waals surface area contributed by atoms with Crippen molar-refractivity contribution >= 4 is 29.9 Å². The fraction of sp³-hybridized carbons (Fsp3) is 0.375. The van der Waals surface area contributed by atoms with E-state index in [0.29, 0.717) is 6.54 Å². The van der Waals surface area contributed by atoms with Crippen molar-refractivity contribution in [1.29, 1.82) is 0 Å². The molecule has 2 N–H and O–H groups in total. The van der Waals surface area contributed by atoms with E-state index in [1.54, 1.807) is 12.7 Å². The molecule has 1 fully saturated rings. The zero-order valence-corrected chi connectivity index (χ0v) is 20.3. The van der Waals surface area contributed by atoms with Crippen LogP contribution in [0.4, 0.5) is 0 Å². The highest BCUT2D eigenvalue weighted by Crippen LogP contribution is 2.43. The van der Waals surface area contributed by atoms with Crippen LogP contribution in [0.25, 0.3) is 0 Å². The van der Waals surface area contributed by atoms with Gasteiger partial charge < -0.3 is 10.6 Å². The van der Waals surface area contributed by atoms with Gasteiger partial charge in [0.15, 0.2) is 5.96 Å². The number of aromatic nitrogens is 3. The Morgan fingerprint density at radius 1 is 1.06 bits per heavy atom. The summed E-state index contributed by atoms with van der Waals surface area (Å²) in [6.07, 6.45) is 7.05. The van der Waals surface area contributed by atoms with E-state index in [2.05, 4.69) is 82.2 Å². The van der Waals surface area contributed by atoms with Crippen molar-refractivity contribution in [2.24, 2.45) is 4.99 Å². The van der Waals surface area contributed by atoms with Crippen LogP contribution in [0.2, 0.25) is 0 Å². The summed E-state index contributed by atoms with van der Waals surface area (Å²) in [7, 11) is 0. The summed E-state index contributed by atoms with van der Waals surface area (Å²) in [6, 6.07) is 19.4. The van der Waals surface area contributed by atoms with Crippen LogP contribution in [-0.4, -0.2) is 33.8 Å². The summed E-state index contributed by atoms with van der Waals surface area (Å²) in [6.45, 7) is 5.21. The van der Waals surface area contributed by atoms with Crippen LogP contribution < -0.4 is 10.6 Å². The molecule has 1 heterocycles. The summed E-state index contributed by atoms with van der Waals surface area (Å²) < 4.78 is 1.83. The van der Waals surface area contributed by atoms with Crippen LogP contribution >= 0.6 is 24.0 Å². The fourth-order valence-electron chi connectivity index (χ4n) is 4.06. The number of halogens is 1. The van der Waals surface area contributed by atoms with Gasteiger partial charge in [0.05, 0.1) is 13.1 Å². The zero-order chi connectivity index (χ0) is 20.7. The predicted octanol–water partition coefficient (Wildman–Crippen LogP) is 4.12. The second-order valence-electron chi connectivity index (χ2n) is 7.96. The summed E-state index contributed by atoms with van der Waals surface area (Å²) in [5.74, 6) is 0.876. The van der Waals surface area contributed by atoms with Gasteiger partial charge in [0.2, 0.25) is 0 Å². The van der Waals surface area contributed by atoms with Gasteiger partial charge in [0.1, 0.15) is 12.7 Å². The summed E-state index contributed by atoms with van der Waals surface area (Å²) in [4.78, 5) is 8.84. The first-order valence-corrected chi connectivity index (χ1v) is 10.8. The Balaban J connectivity index is 0.00000272. The van der Waals surface area contributed by atoms with E-state index in [1.165, 1.54) is 36.0 Å². The molecule has 1 saturated carbocycles. The smallest absolute Gasteiger partial charge is 0.191 e. The topological polar surface area (TPSA) is 67.1 Å². The first kappa shape index (κ1) is 23.2. The van der Waals surface area contributed by atoms with Crippen LogP contribution in [0, 0.1) is 0 Å². The van der Waals surface area contributed by atoms with Crippen molar-refractivity contribution in [2.75, 3.05) is 13.1 Å². The normalized spacial score (nSPS) is 14.9. The largest absolute Gasteiger partial charge is 0.357 e. The third-order valence-corrected chi connectivity index (χ3v) is 5.86. The predicted molar refractivity (Wildman–Crippen MR) is 136 cm³/mol. The number of hydrogen-bond acceptors (Lipinski definition) is 3. The Morgan fingerprint density at radius 3 is 2.55 bits per heavy atom. The second-order valence-corrected chi connectivity index (χ2v) is 7.96. The molecule has 0 bridgehead atoms. The molecule has 0 unspecified atom stereocenters. The number of hydrogen-bond donors (Lipinski definition) is 2. The molecule has 0 aliphatic heterocycles. The number of nitrogens with one attached hydrogen (secondary N) is 2. The molecule has 0 radical (unpaired) electrons. The van der Waals surface area contributed by atoms with Crippen LogP contribution in [0.1, 0.15) is 42.9 Å². The molecule has 31 heavy (non-hydrogen) atoms. The molecule has 0 saturated heterocycles. The van der Waals surface area contributed by atoms with Crippen LogP contribution in [0.3, 0.4) is 0 Å². The third-order valence-electron chi connectivity index (χ3n) is 5.86. The van der Waals surface area contributed by atoms with Crippen molar-refractivity contribution < 1.29 is 0 Å².